The van der Waals surface area contributed by atoms with Gasteiger partial charge in [0.25, 0.3) is 11.4 Å². The molecule has 0 aromatic carbocycles. The molecule has 344 valence electrons. The van der Waals surface area contributed by atoms with Crippen LogP contribution in [0.25, 0.3) is 0 Å². The number of Topliss-reactive ketones (excluding diaryl/α,β-unsaturated/α-hetero) is 1. The minimum atomic E-state index is -2.61. The van der Waals surface area contributed by atoms with Gasteiger partial charge < -0.3 is 26.5 Å². The lowest BCUT2D eigenvalue weighted by Gasteiger charge is -2.65. The van der Waals surface area contributed by atoms with E-state index >= 15 is 0 Å². The van der Waals surface area contributed by atoms with Crippen LogP contribution in [0.15, 0.2) is 0 Å². The van der Waals surface area contributed by atoms with Crippen molar-refractivity contribution in [2.24, 2.45) is 74.6 Å². The maximum absolute atomic E-state index is 14.7. The molecule has 3 saturated carbocycles. The molecule has 58 heavy (non-hydrogen) atoms. The Hall–Kier alpha value is -0.910. The highest BCUT2D eigenvalue weighted by molar-refractivity contribution is 7.73. The van der Waals surface area contributed by atoms with E-state index in [1.54, 1.807) is 0 Å². The Bertz CT molecular complexity index is 1180. The molecule has 10 heteroatoms. The van der Waals surface area contributed by atoms with Gasteiger partial charge in [-0.1, -0.05) is 108 Å². The number of ketones is 1. The molecule has 2 bridgehead atoms. The second kappa shape index (κ2) is 26.5. The van der Waals surface area contributed by atoms with Crippen molar-refractivity contribution in [3.8, 4) is 0 Å². The fourth-order valence-electron chi connectivity index (χ4n) is 12.4. The Kier molecular flexibility index (Phi) is 25.2. The van der Waals surface area contributed by atoms with Gasteiger partial charge in [0, 0.05) is 12.5 Å². The second-order valence-electron chi connectivity index (χ2n) is 21.1. The minimum absolute atomic E-state index is 0.0500. The molecule has 0 saturated heterocycles. The van der Waals surface area contributed by atoms with Crippen LogP contribution in [0.3, 0.4) is 0 Å². The maximum Gasteiger partial charge on any atom is 0.299 e. The Morgan fingerprint density at radius 2 is 1.36 bits per heavy atom. The number of hydrogen-bond acceptors (Lipinski definition) is 6. The molecule has 0 spiro atoms. The van der Waals surface area contributed by atoms with E-state index in [-0.39, 0.29) is 17.1 Å². The largest absolute Gasteiger partial charge is 0.356 e. The number of fused-ring (bicyclic) bond motifs is 4. The number of nitrogens with two attached hydrogens (primary N) is 2. The summed E-state index contributed by atoms with van der Waals surface area (Å²) < 4.78 is 22.8. The topological polar surface area (TPSA) is 159 Å². The van der Waals surface area contributed by atoms with Gasteiger partial charge in [0.1, 0.15) is 5.78 Å². The summed E-state index contributed by atoms with van der Waals surface area (Å²) in [5, 5.41) is 3.57. The summed E-state index contributed by atoms with van der Waals surface area (Å²) in [5.74, 6) is 4.89. The minimum Gasteiger partial charge on any atom is -0.356 e. The standard InChI is InChI=1S/C45H88N4O.C3H6O.H2O3S/c1-11-17-37-32-42(7)33-38(21-22-40-43(8,24-13-19-35(4)5)36(6)23-25-44(40,42)9)45(37,10)39(20-12-18-34(2)3)41(50)48-28-16-31-49(29-14-26-46)30-15-27-47;1-3(2)4;1-4(2)3/h34-40H,11-33,46-47H2,1-10H3,(H,48,50);1-2H3;(H2,1,2,3)/t36?,37?,38?,39-,40?,42?,43?,44+,45?;;/m1../s1. The van der Waals surface area contributed by atoms with Crippen molar-refractivity contribution < 1.29 is 22.9 Å². The molecule has 0 aromatic rings. The van der Waals surface area contributed by atoms with Gasteiger partial charge in [-0.3, -0.25) is 13.9 Å². The number of nitrogens with zero attached hydrogens (tertiary/aromatic N) is 1. The normalized spacial score (nSPS) is 31.2. The van der Waals surface area contributed by atoms with Crippen molar-refractivity contribution in [2.45, 2.75) is 192 Å². The quantitative estimate of drug-likeness (QED) is 0.0532. The SMILES string of the molecule is CC(C)=O.CCCC1CC2(C)CC(CCC3C(C)(CCCC(C)C)C(C)CC[C@@]32C)C1(C)[C@H](CCCC(C)C)C(=O)NCCCN(CCCN)CCCN.O=S(O)O. The Labute approximate surface area is 361 Å². The summed E-state index contributed by atoms with van der Waals surface area (Å²) in [6, 6.07) is 0. The fourth-order valence-corrected chi connectivity index (χ4v) is 12.4. The molecule has 1 amide bonds. The van der Waals surface area contributed by atoms with E-state index < -0.39 is 11.4 Å². The summed E-state index contributed by atoms with van der Waals surface area (Å²) in [4.78, 5) is 26.6. The van der Waals surface area contributed by atoms with Gasteiger partial charge in [-0.25, -0.2) is 0 Å². The summed E-state index contributed by atoms with van der Waals surface area (Å²) in [5.41, 5.74) is 12.9. The van der Waals surface area contributed by atoms with E-state index in [4.69, 9.17) is 24.8 Å². The van der Waals surface area contributed by atoms with E-state index in [9.17, 15) is 9.59 Å². The molecule has 9 atom stereocenters. The number of amides is 1. The lowest BCUT2D eigenvalue weighted by molar-refractivity contribution is -0.165. The third-order valence-corrected chi connectivity index (χ3v) is 15.9. The van der Waals surface area contributed by atoms with Crippen LogP contribution in [0.4, 0.5) is 0 Å². The van der Waals surface area contributed by atoms with Crippen molar-refractivity contribution in [1.82, 2.24) is 10.2 Å². The predicted octanol–water partition coefficient (Wildman–Crippen LogP) is 10.7. The van der Waals surface area contributed by atoms with Crippen LogP contribution in [0.2, 0.25) is 0 Å². The number of nitrogens with one attached hydrogen (secondary N) is 1. The molecule has 3 rings (SSSR count). The summed E-state index contributed by atoms with van der Waals surface area (Å²) in [6.07, 6.45) is 21.1. The van der Waals surface area contributed by atoms with E-state index in [0.717, 1.165) is 89.1 Å². The molecular weight excluding hydrogens is 745 g/mol. The van der Waals surface area contributed by atoms with Crippen LogP contribution in [0.1, 0.15) is 192 Å². The van der Waals surface area contributed by atoms with Gasteiger partial charge in [-0.2, -0.15) is 4.21 Å². The zero-order valence-corrected chi connectivity index (χ0v) is 40.8. The van der Waals surface area contributed by atoms with Crippen molar-refractivity contribution in [3.05, 3.63) is 0 Å². The average Bonchev–Trinajstić information content (AvgIpc) is 3.22. The second-order valence-corrected chi connectivity index (χ2v) is 21.5. The maximum atomic E-state index is 14.7. The monoisotopic (exact) mass is 841 g/mol. The molecule has 9 nitrogen and oxygen atoms in total. The molecular formula is C48H96N4O5S. The highest BCUT2D eigenvalue weighted by atomic mass is 32.2. The van der Waals surface area contributed by atoms with Crippen LogP contribution >= 0.6 is 0 Å². The van der Waals surface area contributed by atoms with Crippen molar-refractivity contribution in [2.75, 3.05) is 39.3 Å². The molecule has 0 aliphatic heterocycles. The van der Waals surface area contributed by atoms with E-state index in [1.165, 1.54) is 90.9 Å². The molecule has 0 radical (unpaired) electrons. The zero-order chi connectivity index (χ0) is 44.3. The van der Waals surface area contributed by atoms with Crippen molar-refractivity contribution in [3.63, 3.8) is 0 Å². The first-order chi connectivity index (χ1) is 27.1. The van der Waals surface area contributed by atoms with Gasteiger partial charge in [-0.05, 0) is 174 Å². The smallest absolute Gasteiger partial charge is 0.299 e. The summed E-state index contributed by atoms with van der Waals surface area (Å²) >= 11 is -2.61. The molecule has 3 aliphatic carbocycles. The Morgan fingerprint density at radius 1 is 0.828 bits per heavy atom. The van der Waals surface area contributed by atoms with Crippen LogP contribution in [-0.4, -0.2) is 69.2 Å². The molecule has 3 fully saturated rings. The highest BCUT2D eigenvalue weighted by Crippen LogP contribution is 2.73. The first-order valence-corrected chi connectivity index (χ1v) is 24.8. The molecule has 7 N–H and O–H groups in total. The number of hydrogen-bond donors (Lipinski definition) is 5. The average molecular weight is 841 g/mol. The summed E-state index contributed by atoms with van der Waals surface area (Å²) in [7, 11) is 0. The Morgan fingerprint density at radius 3 is 1.88 bits per heavy atom. The lowest BCUT2D eigenvalue weighted by Crippen LogP contribution is -2.58. The molecule has 0 aromatic heterocycles. The lowest BCUT2D eigenvalue weighted by atomic mass is 9.40. The molecule has 3 aliphatic rings. The molecule has 0 heterocycles. The van der Waals surface area contributed by atoms with E-state index in [0.29, 0.717) is 39.9 Å². The van der Waals surface area contributed by atoms with Crippen LogP contribution in [-0.2, 0) is 21.0 Å². The Balaban J connectivity index is 0.00000192. The highest BCUT2D eigenvalue weighted by Gasteiger charge is 2.65. The summed E-state index contributed by atoms with van der Waals surface area (Å²) in [6.45, 7) is 33.6. The number of carbonyl (C=O) groups is 2. The van der Waals surface area contributed by atoms with Crippen LogP contribution in [0.5, 0.6) is 0 Å². The van der Waals surface area contributed by atoms with E-state index in [2.05, 4.69) is 79.5 Å². The fraction of sp³-hybridized carbons (Fsp3) is 0.958. The third kappa shape index (κ3) is 16.1. The van der Waals surface area contributed by atoms with Gasteiger partial charge in [0.05, 0.1) is 0 Å². The van der Waals surface area contributed by atoms with Gasteiger partial charge >= 0.3 is 0 Å². The van der Waals surface area contributed by atoms with Crippen LogP contribution in [0, 0.1) is 63.1 Å². The van der Waals surface area contributed by atoms with Gasteiger partial charge in [0.15, 0.2) is 0 Å². The molecule has 7 unspecified atom stereocenters. The van der Waals surface area contributed by atoms with Crippen LogP contribution < -0.4 is 16.8 Å². The first kappa shape index (κ1) is 55.1. The number of carbonyl (C=O) groups excluding carboxylic acids is 2. The third-order valence-electron chi connectivity index (χ3n) is 15.9. The number of rotatable bonds is 22. The predicted molar refractivity (Wildman–Crippen MR) is 247 cm³/mol. The van der Waals surface area contributed by atoms with Crippen molar-refractivity contribution >= 4 is 23.1 Å². The zero-order valence-electron chi connectivity index (χ0n) is 39.9. The van der Waals surface area contributed by atoms with E-state index in [1.807, 2.05) is 0 Å². The van der Waals surface area contributed by atoms with Gasteiger partial charge in [0.2, 0.25) is 5.91 Å². The first-order valence-electron chi connectivity index (χ1n) is 23.8. The van der Waals surface area contributed by atoms with Gasteiger partial charge in [-0.15, -0.1) is 0 Å². The van der Waals surface area contributed by atoms with Crippen molar-refractivity contribution in [1.29, 1.82) is 0 Å².